The van der Waals surface area contributed by atoms with Gasteiger partial charge in [-0.15, -0.1) is 0 Å². The highest BCUT2D eigenvalue weighted by Gasteiger charge is 2.27. The SMILES string of the molecule is CCC(CC)(CNCCOC)Cc1c(C)cc(C)cc1C. The van der Waals surface area contributed by atoms with Crippen molar-refractivity contribution in [3.05, 3.63) is 34.4 Å². The summed E-state index contributed by atoms with van der Waals surface area (Å²) >= 11 is 0. The van der Waals surface area contributed by atoms with E-state index in [9.17, 15) is 0 Å². The molecular weight excluding hydrogens is 258 g/mol. The van der Waals surface area contributed by atoms with Gasteiger partial charge in [-0.05, 0) is 62.1 Å². The van der Waals surface area contributed by atoms with Crippen molar-refractivity contribution in [1.82, 2.24) is 5.32 Å². The third kappa shape index (κ3) is 5.12. The van der Waals surface area contributed by atoms with E-state index in [4.69, 9.17) is 4.74 Å². The first kappa shape index (κ1) is 18.2. The van der Waals surface area contributed by atoms with Crippen LogP contribution in [-0.4, -0.2) is 26.8 Å². The van der Waals surface area contributed by atoms with Crippen molar-refractivity contribution in [3.63, 3.8) is 0 Å². The molecule has 1 rings (SSSR count). The van der Waals surface area contributed by atoms with Crippen LogP contribution in [0.1, 0.15) is 48.9 Å². The number of hydrogen-bond donors (Lipinski definition) is 1. The predicted octanol–water partition coefficient (Wildman–Crippen LogP) is 4.20. The molecule has 0 atom stereocenters. The molecule has 0 aliphatic heterocycles. The van der Waals surface area contributed by atoms with Crippen LogP contribution in [0.15, 0.2) is 12.1 Å². The van der Waals surface area contributed by atoms with E-state index in [-0.39, 0.29) is 0 Å². The Balaban J connectivity index is 2.87. The Bertz CT molecular complexity index is 412. The van der Waals surface area contributed by atoms with Gasteiger partial charge in [0.05, 0.1) is 6.61 Å². The maximum atomic E-state index is 5.13. The Labute approximate surface area is 131 Å². The van der Waals surface area contributed by atoms with Crippen LogP contribution in [0.5, 0.6) is 0 Å². The first-order valence-electron chi connectivity index (χ1n) is 8.24. The Morgan fingerprint density at radius 3 is 2.10 bits per heavy atom. The van der Waals surface area contributed by atoms with Gasteiger partial charge in [0, 0.05) is 20.2 Å². The van der Waals surface area contributed by atoms with E-state index in [0.717, 1.165) is 26.1 Å². The van der Waals surface area contributed by atoms with Gasteiger partial charge < -0.3 is 10.1 Å². The van der Waals surface area contributed by atoms with Crippen molar-refractivity contribution in [3.8, 4) is 0 Å². The first-order valence-corrected chi connectivity index (χ1v) is 8.24. The second-order valence-electron chi connectivity index (χ2n) is 6.43. The Hall–Kier alpha value is -0.860. The summed E-state index contributed by atoms with van der Waals surface area (Å²) in [7, 11) is 1.76. The van der Waals surface area contributed by atoms with Gasteiger partial charge in [0.25, 0.3) is 0 Å². The van der Waals surface area contributed by atoms with Crippen molar-refractivity contribution in [2.45, 2.75) is 53.9 Å². The van der Waals surface area contributed by atoms with Crippen LogP contribution in [0.25, 0.3) is 0 Å². The third-order valence-corrected chi connectivity index (χ3v) is 4.88. The molecular formula is C19H33NO. The molecule has 1 N–H and O–H groups in total. The smallest absolute Gasteiger partial charge is 0.0587 e. The molecule has 2 heteroatoms. The van der Waals surface area contributed by atoms with E-state index in [1.807, 2.05) is 0 Å². The Kier molecular flexibility index (Phi) is 7.41. The fraction of sp³-hybridized carbons (Fsp3) is 0.684. The highest BCUT2D eigenvalue weighted by molar-refractivity contribution is 5.38. The average Bonchev–Trinajstić information content (AvgIpc) is 2.45. The lowest BCUT2D eigenvalue weighted by atomic mass is 9.75. The molecule has 0 saturated heterocycles. The summed E-state index contributed by atoms with van der Waals surface area (Å²) in [6, 6.07) is 4.63. The van der Waals surface area contributed by atoms with Crippen LogP contribution in [-0.2, 0) is 11.2 Å². The molecule has 0 heterocycles. The third-order valence-electron chi connectivity index (χ3n) is 4.88. The van der Waals surface area contributed by atoms with Gasteiger partial charge in [0.1, 0.15) is 0 Å². The molecule has 0 aliphatic rings. The molecule has 0 spiro atoms. The molecule has 120 valence electrons. The Morgan fingerprint density at radius 1 is 1.05 bits per heavy atom. The highest BCUT2D eigenvalue weighted by Crippen LogP contribution is 2.33. The molecule has 0 unspecified atom stereocenters. The van der Waals surface area contributed by atoms with Crippen LogP contribution in [0.2, 0.25) is 0 Å². The molecule has 0 saturated carbocycles. The molecule has 0 amide bonds. The van der Waals surface area contributed by atoms with Crippen LogP contribution < -0.4 is 5.32 Å². The number of methoxy groups -OCH3 is 1. The summed E-state index contributed by atoms with van der Waals surface area (Å²) in [4.78, 5) is 0. The zero-order valence-electron chi connectivity index (χ0n) is 14.8. The maximum absolute atomic E-state index is 5.13. The fourth-order valence-corrected chi connectivity index (χ4v) is 3.20. The minimum atomic E-state index is 0.346. The minimum absolute atomic E-state index is 0.346. The molecule has 0 bridgehead atoms. The number of hydrogen-bond acceptors (Lipinski definition) is 2. The Morgan fingerprint density at radius 2 is 1.62 bits per heavy atom. The predicted molar refractivity (Wildman–Crippen MR) is 92.1 cm³/mol. The van der Waals surface area contributed by atoms with Crippen LogP contribution in [0, 0.1) is 26.2 Å². The van der Waals surface area contributed by atoms with E-state index in [2.05, 4.69) is 52.1 Å². The lowest BCUT2D eigenvalue weighted by molar-refractivity contribution is 0.185. The molecule has 1 aromatic carbocycles. The zero-order chi connectivity index (χ0) is 15.9. The molecule has 0 aromatic heterocycles. The van der Waals surface area contributed by atoms with Crippen LogP contribution in [0.4, 0.5) is 0 Å². The van der Waals surface area contributed by atoms with Gasteiger partial charge in [-0.1, -0.05) is 31.5 Å². The van der Waals surface area contributed by atoms with Gasteiger partial charge in [-0.2, -0.15) is 0 Å². The summed E-state index contributed by atoms with van der Waals surface area (Å²) in [5.74, 6) is 0. The van der Waals surface area contributed by atoms with E-state index in [1.54, 1.807) is 7.11 Å². The van der Waals surface area contributed by atoms with Crippen LogP contribution in [0.3, 0.4) is 0 Å². The minimum Gasteiger partial charge on any atom is -0.383 e. The summed E-state index contributed by atoms with van der Waals surface area (Å²) in [6.45, 7) is 14.1. The molecule has 1 aromatic rings. The van der Waals surface area contributed by atoms with Crippen molar-refractivity contribution in [2.24, 2.45) is 5.41 Å². The van der Waals surface area contributed by atoms with Crippen LogP contribution >= 0.6 is 0 Å². The van der Waals surface area contributed by atoms with Crippen molar-refractivity contribution in [1.29, 1.82) is 0 Å². The monoisotopic (exact) mass is 291 g/mol. The maximum Gasteiger partial charge on any atom is 0.0587 e. The fourth-order valence-electron chi connectivity index (χ4n) is 3.20. The van der Waals surface area contributed by atoms with Gasteiger partial charge in [0.15, 0.2) is 0 Å². The standard InChI is InChI=1S/C19H33NO/c1-7-19(8-2,14-20-9-10-21-6)13-18-16(4)11-15(3)12-17(18)5/h11-12,20H,7-10,13-14H2,1-6H3. The van der Waals surface area contributed by atoms with Gasteiger partial charge in [0.2, 0.25) is 0 Å². The van der Waals surface area contributed by atoms with Crippen molar-refractivity contribution >= 4 is 0 Å². The molecule has 21 heavy (non-hydrogen) atoms. The number of ether oxygens (including phenoxy) is 1. The van der Waals surface area contributed by atoms with Gasteiger partial charge >= 0.3 is 0 Å². The summed E-state index contributed by atoms with van der Waals surface area (Å²) < 4.78 is 5.13. The highest BCUT2D eigenvalue weighted by atomic mass is 16.5. The number of nitrogens with one attached hydrogen (secondary N) is 1. The molecule has 0 aliphatic carbocycles. The van der Waals surface area contributed by atoms with E-state index < -0.39 is 0 Å². The molecule has 0 fully saturated rings. The summed E-state index contributed by atoms with van der Waals surface area (Å²) in [5, 5.41) is 3.57. The quantitative estimate of drug-likeness (QED) is 0.689. The normalized spacial score (nSPS) is 11.9. The number of rotatable bonds is 9. The first-order chi connectivity index (χ1) is 9.98. The van der Waals surface area contributed by atoms with Crippen molar-refractivity contribution < 1.29 is 4.74 Å². The van der Waals surface area contributed by atoms with E-state index in [0.29, 0.717) is 5.41 Å². The zero-order valence-corrected chi connectivity index (χ0v) is 14.8. The van der Waals surface area contributed by atoms with Gasteiger partial charge in [-0.25, -0.2) is 0 Å². The molecule has 2 nitrogen and oxygen atoms in total. The van der Waals surface area contributed by atoms with Gasteiger partial charge in [-0.3, -0.25) is 0 Å². The number of aryl methyl sites for hydroxylation is 3. The largest absolute Gasteiger partial charge is 0.383 e. The summed E-state index contributed by atoms with van der Waals surface area (Å²) in [6.07, 6.45) is 3.57. The lowest BCUT2D eigenvalue weighted by Gasteiger charge is -2.33. The second kappa shape index (κ2) is 8.55. The lowest BCUT2D eigenvalue weighted by Crippen LogP contribution is -2.37. The van der Waals surface area contributed by atoms with E-state index >= 15 is 0 Å². The van der Waals surface area contributed by atoms with Crippen molar-refractivity contribution in [2.75, 3.05) is 26.8 Å². The summed E-state index contributed by atoms with van der Waals surface area (Å²) in [5.41, 5.74) is 6.13. The average molecular weight is 291 g/mol. The number of benzene rings is 1. The van der Waals surface area contributed by atoms with E-state index in [1.165, 1.54) is 35.1 Å². The second-order valence-corrected chi connectivity index (χ2v) is 6.43. The topological polar surface area (TPSA) is 21.3 Å². The molecule has 0 radical (unpaired) electrons.